The van der Waals surface area contributed by atoms with Gasteiger partial charge >= 0.3 is 0 Å². The highest BCUT2D eigenvalue weighted by atomic mass is 17.1. The largest absolute Gasteiger partial charge is 0.340 e. The molecule has 72 valence electrons. The minimum Gasteiger partial charge on any atom is -0.340 e. The van der Waals surface area contributed by atoms with Gasteiger partial charge in [-0.3, -0.25) is 0 Å². The van der Waals surface area contributed by atoms with Crippen LogP contribution in [0, 0.1) is 0 Å². The molecule has 0 aliphatic rings. The van der Waals surface area contributed by atoms with Crippen LogP contribution in [0.25, 0.3) is 0 Å². The standard InChI is InChI=1S/C11H16O2/c1-3-6-9(2)10-7-4-5-8-11(10)13-12/h4-5,7-9,12H,3,6H2,1-2H3. The van der Waals surface area contributed by atoms with Crippen molar-refractivity contribution in [3.05, 3.63) is 29.8 Å². The van der Waals surface area contributed by atoms with Crippen LogP contribution in [-0.2, 0) is 0 Å². The number of benzene rings is 1. The summed E-state index contributed by atoms with van der Waals surface area (Å²) in [4.78, 5) is 4.31. The Balaban J connectivity index is 2.85. The topological polar surface area (TPSA) is 29.5 Å². The molecular formula is C11H16O2. The molecule has 0 amide bonds. The summed E-state index contributed by atoms with van der Waals surface area (Å²) in [5.74, 6) is 1.01. The molecular weight excluding hydrogens is 164 g/mol. The molecule has 2 nitrogen and oxygen atoms in total. The van der Waals surface area contributed by atoms with Gasteiger partial charge in [-0.15, -0.1) is 0 Å². The van der Waals surface area contributed by atoms with Crippen LogP contribution in [0.3, 0.4) is 0 Å². The van der Waals surface area contributed by atoms with Crippen LogP contribution in [-0.4, -0.2) is 5.26 Å². The first-order chi connectivity index (χ1) is 6.29. The monoisotopic (exact) mass is 180 g/mol. The molecule has 0 spiro atoms. The maximum absolute atomic E-state index is 8.64. The van der Waals surface area contributed by atoms with E-state index in [2.05, 4.69) is 18.7 Å². The Morgan fingerprint density at radius 2 is 2.08 bits per heavy atom. The molecule has 0 heterocycles. The van der Waals surface area contributed by atoms with E-state index in [-0.39, 0.29) is 0 Å². The van der Waals surface area contributed by atoms with Crippen LogP contribution in [0.2, 0.25) is 0 Å². The van der Waals surface area contributed by atoms with Crippen LogP contribution in [0.1, 0.15) is 38.2 Å². The number of hydrogen-bond donors (Lipinski definition) is 1. The molecule has 1 rings (SSSR count). The van der Waals surface area contributed by atoms with Gasteiger partial charge < -0.3 is 4.89 Å². The van der Waals surface area contributed by atoms with Crippen molar-refractivity contribution in [2.24, 2.45) is 0 Å². The van der Waals surface area contributed by atoms with Gasteiger partial charge in [-0.1, -0.05) is 38.5 Å². The molecule has 0 aliphatic carbocycles. The zero-order valence-electron chi connectivity index (χ0n) is 8.16. The number of para-hydroxylation sites is 1. The van der Waals surface area contributed by atoms with Gasteiger partial charge in [0.05, 0.1) is 0 Å². The van der Waals surface area contributed by atoms with E-state index >= 15 is 0 Å². The molecule has 1 N–H and O–H groups in total. The van der Waals surface area contributed by atoms with Crippen molar-refractivity contribution >= 4 is 0 Å². The Bertz CT molecular complexity index is 258. The molecule has 0 aliphatic heterocycles. The van der Waals surface area contributed by atoms with E-state index in [1.807, 2.05) is 18.2 Å². The molecule has 0 saturated heterocycles. The second-order valence-electron chi connectivity index (χ2n) is 3.32. The van der Waals surface area contributed by atoms with E-state index in [9.17, 15) is 0 Å². The van der Waals surface area contributed by atoms with Gasteiger partial charge in [-0.05, 0) is 18.4 Å². The molecule has 13 heavy (non-hydrogen) atoms. The normalized spacial score (nSPS) is 12.5. The van der Waals surface area contributed by atoms with E-state index in [4.69, 9.17) is 5.26 Å². The van der Waals surface area contributed by atoms with Crippen molar-refractivity contribution in [2.75, 3.05) is 0 Å². The van der Waals surface area contributed by atoms with Crippen LogP contribution >= 0.6 is 0 Å². The van der Waals surface area contributed by atoms with Gasteiger partial charge in [-0.2, -0.15) is 0 Å². The summed E-state index contributed by atoms with van der Waals surface area (Å²) in [6, 6.07) is 7.59. The highest BCUT2D eigenvalue weighted by Gasteiger charge is 2.09. The van der Waals surface area contributed by atoms with Gasteiger partial charge in [0.2, 0.25) is 0 Å². The van der Waals surface area contributed by atoms with Gasteiger partial charge in [0.15, 0.2) is 5.75 Å². The van der Waals surface area contributed by atoms with Crippen LogP contribution in [0.4, 0.5) is 0 Å². The van der Waals surface area contributed by atoms with Gasteiger partial charge in [0, 0.05) is 5.56 Å². The summed E-state index contributed by atoms with van der Waals surface area (Å²) in [5, 5.41) is 8.64. The highest BCUT2D eigenvalue weighted by molar-refractivity contribution is 5.35. The van der Waals surface area contributed by atoms with Crippen molar-refractivity contribution in [3.8, 4) is 5.75 Å². The summed E-state index contributed by atoms with van der Waals surface area (Å²) < 4.78 is 0. The molecule has 0 radical (unpaired) electrons. The maximum Gasteiger partial charge on any atom is 0.168 e. The van der Waals surface area contributed by atoms with Crippen molar-refractivity contribution in [1.82, 2.24) is 0 Å². The first-order valence-electron chi connectivity index (χ1n) is 4.70. The van der Waals surface area contributed by atoms with Crippen molar-refractivity contribution in [3.63, 3.8) is 0 Å². The average Bonchev–Trinajstić information content (AvgIpc) is 2.18. The van der Waals surface area contributed by atoms with E-state index in [1.165, 1.54) is 0 Å². The van der Waals surface area contributed by atoms with Crippen LogP contribution in [0.5, 0.6) is 5.75 Å². The Morgan fingerprint density at radius 3 is 2.69 bits per heavy atom. The molecule has 0 fully saturated rings. The van der Waals surface area contributed by atoms with Crippen molar-refractivity contribution in [2.45, 2.75) is 32.6 Å². The fraction of sp³-hybridized carbons (Fsp3) is 0.455. The second kappa shape index (κ2) is 4.87. The van der Waals surface area contributed by atoms with E-state index in [0.29, 0.717) is 11.7 Å². The minimum absolute atomic E-state index is 0.438. The zero-order valence-corrected chi connectivity index (χ0v) is 8.16. The summed E-state index contributed by atoms with van der Waals surface area (Å²) in [5.41, 5.74) is 1.08. The number of hydrogen-bond acceptors (Lipinski definition) is 2. The fourth-order valence-electron chi connectivity index (χ4n) is 1.56. The Hall–Kier alpha value is -1.02. The van der Waals surface area contributed by atoms with Crippen molar-refractivity contribution < 1.29 is 10.1 Å². The number of rotatable bonds is 4. The maximum atomic E-state index is 8.64. The van der Waals surface area contributed by atoms with Gasteiger partial charge in [0.1, 0.15) is 0 Å². The van der Waals surface area contributed by atoms with E-state index < -0.39 is 0 Å². The predicted octanol–water partition coefficient (Wildman–Crippen LogP) is 3.44. The summed E-state index contributed by atoms with van der Waals surface area (Å²) >= 11 is 0. The highest BCUT2D eigenvalue weighted by Crippen LogP contribution is 2.28. The Labute approximate surface area is 79.1 Å². The molecule has 1 aromatic carbocycles. The molecule has 1 aromatic rings. The third-order valence-corrected chi connectivity index (χ3v) is 2.27. The Morgan fingerprint density at radius 1 is 1.38 bits per heavy atom. The lowest BCUT2D eigenvalue weighted by molar-refractivity contribution is -0.138. The molecule has 0 aromatic heterocycles. The molecule has 0 saturated carbocycles. The molecule has 0 bridgehead atoms. The summed E-state index contributed by atoms with van der Waals surface area (Å²) in [7, 11) is 0. The van der Waals surface area contributed by atoms with E-state index in [0.717, 1.165) is 18.4 Å². The summed E-state index contributed by atoms with van der Waals surface area (Å²) in [6.07, 6.45) is 2.25. The lowest BCUT2D eigenvalue weighted by Gasteiger charge is -2.12. The third kappa shape index (κ3) is 2.46. The third-order valence-electron chi connectivity index (χ3n) is 2.27. The average molecular weight is 180 g/mol. The lowest BCUT2D eigenvalue weighted by atomic mass is 9.96. The summed E-state index contributed by atoms with van der Waals surface area (Å²) in [6.45, 7) is 4.29. The minimum atomic E-state index is 0.438. The SMILES string of the molecule is CCCC(C)c1ccccc1OO. The first kappa shape index (κ1) is 10.1. The van der Waals surface area contributed by atoms with E-state index in [1.54, 1.807) is 6.07 Å². The van der Waals surface area contributed by atoms with Crippen LogP contribution in [0.15, 0.2) is 24.3 Å². The zero-order chi connectivity index (χ0) is 9.68. The molecule has 1 unspecified atom stereocenters. The van der Waals surface area contributed by atoms with Gasteiger partial charge in [0.25, 0.3) is 0 Å². The van der Waals surface area contributed by atoms with Crippen molar-refractivity contribution in [1.29, 1.82) is 0 Å². The van der Waals surface area contributed by atoms with Gasteiger partial charge in [-0.25, -0.2) is 5.26 Å². The quantitative estimate of drug-likeness (QED) is 0.568. The second-order valence-corrected chi connectivity index (χ2v) is 3.32. The molecule has 2 heteroatoms. The lowest BCUT2D eigenvalue weighted by Crippen LogP contribution is -1.97. The Kier molecular flexibility index (Phi) is 3.77. The smallest absolute Gasteiger partial charge is 0.168 e. The van der Waals surface area contributed by atoms with Crippen LogP contribution < -0.4 is 4.89 Å². The fourth-order valence-corrected chi connectivity index (χ4v) is 1.56. The first-order valence-corrected chi connectivity index (χ1v) is 4.70. The molecule has 1 atom stereocenters. The predicted molar refractivity (Wildman–Crippen MR) is 53.0 cm³/mol.